The van der Waals surface area contributed by atoms with Gasteiger partial charge in [0, 0.05) is 43.6 Å². The van der Waals surface area contributed by atoms with Gasteiger partial charge in [-0.05, 0) is 43.9 Å². The smallest absolute Gasteiger partial charge is 0.272 e. The zero-order valence-corrected chi connectivity index (χ0v) is 14.0. The van der Waals surface area contributed by atoms with Crippen LogP contribution in [0, 0.1) is 12.8 Å². The molecule has 0 spiro atoms. The second-order valence-corrected chi connectivity index (χ2v) is 6.77. The predicted molar refractivity (Wildman–Crippen MR) is 92.9 cm³/mol. The molecule has 5 nitrogen and oxygen atoms in total. The molecule has 1 fully saturated rings. The highest BCUT2D eigenvalue weighted by Crippen LogP contribution is 2.32. The molecule has 24 heavy (non-hydrogen) atoms. The van der Waals surface area contributed by atoms with Gasteiger partial charge < -0.3 is 9.80 Å². The van der Waals surface area contributed by atoms with E-state index in [9.17, 15) is 4.79 Å². The number of carbonyl (C=O) groups is 1. The van der Waals surface area contributed by atoms with E-state index in [0.29, 0.717) is 18.8 Å². The molecule has 5 heteroatoms. The molecular formula is C19H22N4O. The van der Waals surface area contributed by atoms with Crippen LogP contribution in [0.15, 0.2) is 36.5 Å². The van der Waals surface area contributed by atoms with Crippen molar-refractivity contribution >= 4 is 11.7 Å². The Morgan fingerprint density at radius 3 is 2.88 bits per heavy atom. The van der Waals surface area contributed by atoms with Crippen LogP contribution >= 0.6 is 0 Å². The van der Waals surface area contributed by atoms with Crippen molar-refractivity contribution in [2.24, 2.45) is 5.92 Å². The highest BCUT2D eigenvalue weighted by Gasteiger charge is 2.29. The third kappa shape index (κ3) is 3.11. The Hall–Kier alpha value is -2.43. The van der Waals surface area contributed by atoms with E-state index < -0.39 is 0 Å². The molecule has 1 aliphatic heterocycles. The van der Waals surface area contributed by atoms with E-state index in [1.807, 2.05) is 36.2 Å². The van der Waals surface area contributed by atoms with Gasteiger partial charge >= 0.3 is 0 Å². The summed E-state index contributed by atoms with van der Waals surface area (Å²) in [6.45, 7) is 5.10. The average Bonchev–Trinajstić information content (AvgIpc) is 3.42. The number of anilines is 1. The fourth-order valence-electron chi connectivity index (χ4n) is 3.26. The highest BCUT2D eigenvalue weighted by atomic mass is 16.2. The first-order chi connectivity index (χ1) is 11.7. The number of carbonyl (C=O) groups excluding carboxylic acids is 1. The first-order valence-electron chi connectivity index (χ1n) is 8.62. The Morgan fingerprint density at radius 2 is 2.08 bits per heavy atom. The average molecular weight is 322 g/mol. The van der Waals surface area contributed by atoms with Crippen LogP contribution in [0.2, 0.25) is 0 Å². The fraction of sp³-hybridized carbons (Fsp3) is 0.421. The topological polar surface area (TPSA) is 49.3 Å². The monoisotopic (exact) mass is 322 g/mol. The molecule has 1 aliphatic carbocycles. The predicted octanol–water partition coefficient (Wildman–Crippen LogP) is 2.66. The molecule has 2 aliphatic rings. The quantitative estimate of drug-likeness (QED) is 0.872. The maximum atomic E-state index is 12.9. The molecule has 0 radical (unpaired) electrons. The van der Waals surface area contributed by atoms with Crippen molar-refractivity contribution in [3.05, 3.63) is 53.5 Å². The van der Waals surface area contributed by atoms with Crippen LogP contribution in [0.3, 0.4) is 0 Å². The first kappa shape index (κ1) is 15.1. The zero-order chi connectivity index (χ0) is 16.5. The molecule has 1 amide bonds. The molecule has 3 heterocycles. The van der Waals surface area contributed by atoms with Crippen LogP contribution in [0.5, 0.6) is 0 Å². The van der Waals surface area contributed by atoms with Gasteiger partial charge in [0.05, 0.1) is 0 Å². The van der Waals surface area contributed by atoms with E-state index in [0.717, 1.165) is 36.1 Å². The molecular weight excluding hydrogens is 300 g/mol. The molecule has 124 valence electrons. The van der Waals surface area contributed by atoms with Crippen LogP contribution in [-0.4, -0.2) is 40.4 Å². The van der Waals surface area contributed by atoms with Gasteiger partial charge in [0.25, 0.3) is 5.91 Å². The maximum Gasteiger partial charge on any atom is 0.272 e. The van der Waals surface area contributed by atoms with Crippen LogP contribution in [-0.2, 0) is 6.54 Å². The van der Waals surface area contributed by atoms with Crippen LogP contribution < -0.4 is 4.90 Å². The molecule has 2 aromatic rings. The lowest BCUT2D eigenvalue weighted by Gasteiger charge is -2.23. The van der Waals surface area contributed by atoms with Gasteiger partial charge in [-0.25, -0.2) is 9.97 Å². The van der Waals surface area contributed by atoms with E-state index in [1.165, 1.54) is 12.8 Å². The van der Waals surface area contributed by atoms with Crippen molar-refractivity contribution < 1.29 is 4.79 Å². The normalized spacial score (nSPS) is 17.4. The van der Waals surface area contributed by atoms with Crippen molar-refractivity contribution in [3.8, 4) is 0 Å². The van der Waals surface area contributed by atoms with Gasteiger partial charge in [-0.3, -0.25) is 4.79 Å². The lowest BCUT2D eigenvalue weighted by Crippen LogP contribution is -2.36. The minimum absolute atomic E-state index is 0.00164. The lowest BCUT2D eigenvalue weighted by molar-refractivity contribution is 0.0745. The molecule has 4 rings (SSSR count). The molecule has 0 atom stereocenters. The number of nitrogens with zero attached hydrogens (tertiary/aromatic N) is 4. The van der Waals surface area contributed by atoms with Crippen molar-refractivity contribution in [2.45, 2.75) is 26.3 Å². The minimum Gasteiger partial charge on any atom is -0.354 e. The van der Waals surface area contributed by atoms with E-state index >= 15 is 0 Å². The van der Waals surface area contributed by atoms with Crippen LogP contribution in [0.25, 0.3) is 0 Å². The number of amides is 1. The standard InChI is InChI=1S/C19H22N4O/c1-14-4-2-6-17(21-14)19(24)23-11-10-22(12-15-7-8-15)18-16(13-23)5-3-9-20-18/h2-6,9,15H,7-8,10-13H2,1H3. The van der Waals surface area contributed by atoms with Crippen LogP contribution in [0.4, 0.5) is 5.82 Å². The van der Waals surface area contributed by atoms with Gasteiger partial charge in [-0.2, -0.15) is 0 Å². The van der Waals surface area contributed by atoms with E-state index in [2.05, 4.69) is 20.9 Å². The van der Waals surface area contributed by atoms with Crippen molar-refractivity contribution in [3.63, 3.8) is 0 Å². The Morgan fingerprint density at radius 1 is 1.21 bits per heavy atom. The number of hydrogen-bond acceptors (Lipinski definition) is 4. The highest BCUT2D eigenvalue weighted by molar-refractivity contribution is 5.92. The van der Waals surface area contributed by atoms with Crippen LogP contribution in [0.1, 0.15) is 34.6 Å². The summed E-state index contributed by atoms with van der Waals surface area (Å²) in [6.07, 6.45) is 4.47. The molecule has 0 saturated heterocycles. The maximum absolute atomic E-state index is 12.9. The molecule has 2 aromatic heterocycles. The zero-order valence-electron chi connectivity index (χ0n) is 14.0. The number of hydrogen-bond donors (Lipinski definition) is 0. The fourth-order valence-corrected chi connectivity index (χ4v) is 3.26. The Kier molecular flexibility index (Phi) is 3.92. The Balaban J connectivity index is 1.59. The number of rotatable bonds is 3. The summed E-state index contributed by atoms with van der Waals surface area (Å²) < 4.78 is 0. The minimum atomic E-state index is 0.00164. The SMILES string of the molecule is Cc1cccc(C(=O)N2CCN(CC3CC3)c3ncccc3C2)n1. The lowest BCUT2D eigenvalue weighted by atomic mass is 10.2. The third-order valence-corrected chi connectivity index (χ3v) is 4.74. The Bertz CT molecular complexity index is 757. The number of pyridine rings is 2. The Labute approximate surface area is 142 Å². The largest absolute Gasteiger partial charge is 0.354 e. The van der Waals surface area contributed by atoms with Crippen molar-refractivity contribution in [2.75, 3.05) is 24.5 Å². The summed E-state index contributed by atoms with van der Waals surface area (Å²) >= 11 is 0. The second kappa shape index (κ2) is 6.23. The van der Waals surface area contributed by atoms with Crippen molar-refractivity contribution in [1.82, 2.24) is 14.9 Å². The number of aromatic nitrogens is 2. The first-order valence-corrected chi connectivity index (χ1v) is 8.62. The van der Waals surface area contributed by atoms with Crippen molar-refractivity contribution in [1.29, 1.82) is 0 Å². The molecule has 1 saturated carbocycles. The molecule has 0 N–H and O–H groups in total. The summed E-state index contributed by atoms with van der Waals surface area (Å²) in [6, 6.07) is 9.63. The summed E-state index contributed by atoms with van der Waals surface area (Å²) in [5, 5.41) is 0. The van der Waals surface area contributed by atoms with E-state index in [-0.39, 0.29) is 5.91 Å². The number of fused-ring (bicyclic) bond motifs is 1. The summed E-state index contributed by atoms with van der Waals surface area (Å²) in [4.78, 5) is 26.1. The summed E-state index contributed by atoms with van der Waals surface area (Å²) in [5.41, 5.74) is 2.51. The second-order valence-electron chi connectivity index (χ2n) is 6.77. The summed E-state index contributed by atoms with van der Waals surface area (Å²) in [7, 11) is 0. The van der Waals surface area contributed by atoms with E-state index in [4.69, 9.17) is 0 Å². The molecule has 0 unspecified atom stereocenters. The molecule has 0 bridgehead atoms. The number of aryl methyl sites for hydroxylation is 1. The van der Waals surface area contributed by atoms with Gasteiger partial charge in [0.1, 0.15) is 11.5 Å². The van der Waals surface area contributed by atoms with E-state index in [1.54, 1.807) is 6.07 Å². The molecule has 0 aromatic carbocycles. The van der Waals surface area contributed by atoms with Gasteiger partial charge in [0.2, 0.25) is 0 Å². The summed E-state index contributed by atoms with van der Waals surface area (Å²) in [5.74, 6) is 1.83. The van der Waals surface area contributed by atoms with Gasteiger partial charge in [-0.15, -0.1) is 0 Å². The third-order valence-electron chi connectivity index (χ3n) is 4.74. The van der Waals surface area contributed by atoms with Gasteiger partial charge in [-0.1, -0.05) is 12.1 Å². The van der Waals surface area contributed by atoms with Gasteiger partial charge in [0.15, 0.2) is 0 Å².